The van der Waals surface area contributed by atoms with E-state index in [2.05, 4.69) is 34.7 Å². The number of nitrogens with one attached hydrogen (secondary N) is 2. The molecule has 0 saturated heterocycles. The van der Waals surface area contributed by atoms with Gasteiger partial charge < -0.3 is 19.7 Å². The van der Waals surface area contributed by atoms with Crippen molar-refractivity contribution < 1.29 is 19.5 Å². The van der Waals surface area contributed by atoms with Crippen LogP contribution in [-0.4, -0.2) is 29.3 Å². The Labute approximate surface area is 188 Å². The largest absolute Gasteiger partial charge is 0.482 e. The predicted octanol–water partition coefficient (Wildman–Crippen LogP) is 4.79. The monoisotopic (exact) mass is 434 g/mol. The molecule has 0 aliphatic heterocycles. The molecule has 6 nitrogen and oxygen atoms in total. The predicted molar refractivity (Wildman–Crippen MR) is 123 cm³/mol. The van der Waals surface area contributed by atoms with Crippen LogP contribution in [0.2, 0.25) is 0 Å². The van der Waals surface area contributed by atoms with Crippen molar-refractivity contribution in [1.29, 1.82) is 0 Å². The van der Waals surface area contributed by atoms with Gasteiger partial charge in [-0.3, -0.25) is 0 Å². The van der Waals surface area contributed by atoms with Gasteiger partial charge in [0.05, 0.1) is 12.6 Å². The Kier molecular flexibility index (Phi) is 7.59. The van der Waals surface area contributed by atoms with Crippen molar-refractivity contribution >= 4 is 5.97 Å². The number of aromatic amines is 1. The number of hydroxylamine groups is 1. The summed E-state index contributed by atoms with van der Waals surface area (Å²) < 4.78 is 5.52. The van der Waals surface area contributed by atoms with Crippen LogP contribution in [0.5, 0.6) is 5.75 Å². The van der Waals surface area contributed by atoms with Crippen molar-refractivity contribution in [1.82, 2.24) is 10.5 Å². The zero-order valence-corrected chi connectivity index (χ0v) is 18.1. The molecule has 0 fully saturated rings. The van der Waals surface area contributed by atoms with Crippen LogP contribution in [0.1, 0.15) is 53.5 Å². The van der Waals surface area contributed by atoms with Crippen molar-refractivity contribution in [3.05, 3.63) is 89.2 Å². The number of hydrogen-bond donors (Lipinski definition) is 3. The van der Waals surface area contributed by atoms with Crippen LogP contribution in [0.4, 0.5) is 0 Å². The van der Waals surface area contributed by atoms with Crippen LogP contribution < -0.4 is 10.2 Å². The Morgan fingerprint density at radius 2 is 2.03 bits per heavy atom. The fraction of sp³-hybridized carbons (Fsp3) is 0.346. The van der Waals surface area contributed by atoms with Crippen LogP contribution in [0, 0.1) is 0 Å². The van der Waals surface area contributed by atoms with Gasteiger partial charge in [-0.15, -0.1) is 0 Å². The number of aliphatic carboxylic acids is 1. The third kappa shape index (κ3) is 5.78. The Morgan fingerprint density at radius 1 is 1.16 bits per heavy atom. The van der Waals surface area contributed by atoms with E-state index in [0.29, 0.717) is 18.3 Å². The average Bonchev–Trinajstić information content (AvgIpc) is 3.33. The molecule has 2 aromatic carbocycles. The summed E-state index contributed by atoms with van der Waals surface area (Å²) in [5.41, 5.74) is 8.10. The van der Waals surface area contributed by atoms with E-state index in [1.807, 2.05) is 42.7 Å². The van der Waals surface area contributed by atoms with Gasteiger partial charge in [0, 0.05) is 12.4 Å². The lowest BCUT2D eigenvalue weighted by Gasteiger charge is -2.27. The molecule has 3 aromatic rings. The summed E-state index contributed by atoms with van der Waals surface area (Å²) >= 11 is 0. The second kappa shape index (κ2) is 11.0. The number of hydrogen-bond acceptors (Lipinski definition) is 4. The molecule has 2 atom stereocenters. The molecule has 2 unspecified atom stereocenters. The van der Waals surface area contributed by atoms with E-state index in [4.69, 9.17) is 14.7 Å². The van der Waals surface area contributed by atoms with E-state index in [9.17, 15) is 4.79 Å². The molecular formula is C26H30N2O4. The van der Waals surface area contributed by atoms with Gasteiger partial charge in [0.15, 0.2) is 6.61 Å². The fourth-order valence-electron chi connectivity index (χ4n) is 4.48. The van der Waals surface area contributed by atoms with Crippen molar-refractivity contribution in [2.24, 2.45) is 0 Å². The summed E-state index contributed by atoms with van der Waals surface area (Å²) in [7, 11) is 0. The third-order valence-corrected chi connectivity index (χ3v) is 6.04. The normalized spacial score (nSPS) is 16.3. The highest BCUT2D eigenvalue weighted by Gasteiger charge is 2.23. The summed E-state index contributed by atoms with van der Waals surface area (Å²) in [5.74, 6) is 0.125. The van der Waals surface area contributed by atoms with E-state index >= 15 is 0 Å². The number of H-pyrrole nitrogens is 1. The van der Waals surface area contributed by atoms with Crippen molar-refractivity contribution in [2.45, 2.75) is 44.1 Å². The SMILES string of the molecule is O=C(O)COc1cccc2c1CCCC2CCONC(Cc1cc[nH]c1)c1ccccc1. The Balaban J connectivity index is 1.35. The van der Waals surface area contributed by atoms with Crippen molar-refractivity contribution in [3.8, 4) is 5.75 Å². The Hall–Kier alpha value is -3.09. The van der Waals surface area contributed by atoms with Crippen LogP contribution >= 0.6 is 0 Å². The Bertz CT molecular complexity index is 988. The molecular weight excluding hydrogens is 404 g/mol. The van der Waals surface area contributed by atoms with Crippen molar-refractivity contribution in [3.63, 3.8) is 0 Å². The number of carboxylic acid groups (broad SMARTS) is 1. The summed E-state index contributed by atoms with van der Waals surface area (Å²) in [4.78, 5) is 20.0. The lowest BCUT2D eigenvalue weighted by Crippen LogP contribution is -2.25. The van der Waals surface area contributed by atoms with Gasteiger partial charge in [-0.25, -0.2) is 4.79 Å². The lowest BCUT2D eigenvalue weighted by molar-refractivity contribution is -0.139. The standard InChI is InChI=1S/C26H30N2O4/c29-26(30)18-31-25-11-5-9-22-20(8-4-10-23(22)25)13-15-32-28-24(16-19-12-14-27-17-19)21-6-2-1-3-7-21/h1-3,5-7,9,11-12,14,17,20,24,27-28H,4,8,10,13,15-16,18H2,(H,29,30). The van der Waals surface area contributed by atoms with E-state index in [1.165, 1.54) is 16.7 Å². The highest BCUT2D eigenvalue weighted by Crippen LogP contribution is 2.38. The number of fused-ring (bicyclic) bond motifs is 1. The summed E-state index contributed by atoms with van der Waals surface area (Å²) in [5, 5.41) is 8.93. The quantitative estimate of drug-likeness (QED) is 0.298. The molecule has 0 amide bonds. The maximum atomic E-state index is 10.9. The van der Waals surface area contributed by atoms with Crippen LogP contribution in [-0.2, 0) is 22.5 Å². The minimum absolute atomic E-state index is 0.0710. The number of carbonyl (C=O) groups is 1. The van der Waals surface area contributed by atoms with E-state index < -0.39 is 5.97 Å². The highest BCUT2D eigenvalue weighted by molar-refractivity contribution is 5.68. The number of ether oxygens (including phenoxy) is 1. The molecule has 1 aliphatic rings. The maximum absolute atomic E-state index is 10.9. The van der Waals surface area contributed by atoms with E-state index in [1.54, 1.807) is 0 Å². The molecule has 1 aromatic heterocycles. The van der Waals surface area contributed by atoms with Gasteiger partial charge in [-0.05, 0) is 72.4 Å². The second-order valence-electron chi connectivity index (χ2n) is 8.24. The van der Waals surface area contributed by atoms with E-state index in [0.717, 1.165) is 37.7 Å². The Morgan fingerprint density at radius 3 is 2.81 bits per heavy atom. The molecule has 0 saturated carbocycles. The molecule has 3 N–H and O–H groups in total. The van der Waals surface area contributed by atoms with Crippen LogP contribution in [0.25, 0.3) is 0 Å². The number of rotatable bonds is 11. The van der Waals surface area contributed by atoms with E-state index in [-0.39, 0.29) is 12.6 Å². The zero-order valence-electron chi connectivity index (χ0n) is 18.1. The molecule has 168 valence electrons. The molecule has 1 heterocycles. The third-order valence-electron chi connectivity index (χ3n) is 6.04. The zero-order chi connectivity index (χ0) is 22.2. The minimum atomic E-state index is -0.956. The van der Waals surface area contributed by atoms with Gasteiger partial charge >= 0.3 is 5.97 Å². The first kappa shape index (κ1) is 22.1. The lowest BCUT2D eigenvalue weighted by atomic mass is 9.81. The minimum Gasteiger partial charge on any atom is -0.482 e. The maximum Gasteiger partial charge on any atom is 0.341 e. The second-order valence-corrected chi connectivity index (χ2v) is 8.24. The van der Waals surface area contributed by atoms with Gasteiger partial charge in [0.25, 0.3) is 0 Å². The highest BCUT2D eigenvalue weighted by atomic mass is 16.6. The fourth-order valence-corrected chi connectivity index (χ4v) is 4.48. The summed E-state index contributed by atoms with van der Waals surface area (Å²) in [6.07, 6.45) is 8.78. The summed E-state index contributed by atoms with van der Waals surface area (Å²) in [6.45, 7) is 0.289. The summed E-state index contributed by atoms with van der Waals surface area (Å²) in [6, 6.07) is 18.5. The van der Waals surface area contributed by atoms with Crippen LogP contribution in [0.3, 0.4) is 0 Å². The van der Waals surface area contributed by atoms with Gasteiger partial charge in [0.1, 0.15) is 5.75 Å². The molecule has 4 rings (SSSR count). The molecule has 32 heavy (non-hydrogen) atoms. The smallest absolute Gasteiger partial charge is 0.341 e. The first-order valence-corrected chi connectivity index (χ1v) is 11.2. The molecule has 0 spiro atoms. The first-order chi connectivity index (χ1) is 15.7. The molecule has 1 aliphatic carbocycles. The average molecular weight is 435 g/mol. The topological polar surface area (TPSA) is 83.6 Å². The number of carboxylic acids is 1. The van der Waals surface area contributed by atoms with Gasteiger partial charge in [-0.2, -0.15) is 5.48 Å². The molecule has 0 radical (unpaired) electrons. The van der Waals surface area contributed by atoms with Gasteiger partial charge in [0.2, 0.25) is 0 Å². The number of aromatic nitrogens is 1. The van der Waals surface area contributed by atoms with Crippen LogP contribution in [0.15, 0.2) is 67.0 Å². The van der Waals surface area contributed by atoms with Gasteiger partial charge in [-0.1, -0.05) is 42.5 Å². The molecule has 0 bridgehead atoms. The van der Waals surface area contributed by atoms with Crippen molar-refractivity contribution in [2.75, 3.05) is 13.2 Å². The first-order valence-electron chi connectivity index (χ1n) is 11.2. The number of benzene rings is 2. The molecule has 6 heteroatoms.